The van der Waals surface area contributed by atoms with Crippen molar-refractivity contribution in [3.05, 3.63) is 54.0 Å². The summed E-state index contributed by atoms with van der Waals surface area (Å²) in [5.74, 6) is -0.362. The zero-order valence-electron chi connectivity index (χ0n) is 9.35. The van der Waals surface area contributed by atoms with Crippen LogP contribution in [0, 0.1) is 0 Å². The molecule has 0 unspecified atom stereocenters. The normalized spacial score (nSPS) is 10.1. The highest BCUT2D eigenvalue weighted by atomic mass is 79.9. The number of ketones is 1. The molecule has 4 nitrogen and oxygen atoms in total. The molecule has 1 aromatic heterocycles. The van der Waals surface area contributed by atoms with Gasteiger partial charge < -0.3 is 9.73 Å². The number of anilines is 1. The van der Waals surface area contributed by atoms with Crippen LogP contribution in [0.25, 0.3) is 0 Å². The highest BCUT2D eigenvalue weighted by molar-refractivity contribution is 9.09. The molecule has 18 heavy (non-hydrogen) atoms. The highest BCUT2D eigenvalue weighted by Gasteiger charge is 2.18. The van der Waals surface area contributed by atoms with Gasteiger partial charge in [-0.05, 0) is 0 Å². The van der Waals surface area contributed by atoms with Crippen molar-refractivity contribution in [1.29, 1.82) is 0 Å². The van der Waals surface area contributed by atoms with Crippen molar-refractivity contribution >= 4 is 33.3 Å². The lowest BCUT2D eigenvalue weighted by molar-refractivity contribution is -0.113. The Morgan fingerprint density at radius 1 is 1.17 bits per heavy atom. The highest BCUT2D eigenvalue weighted by Crippen LogP contribution is 2.20. The lowest BCUT2D eigenvalue weighted by Gasteiger charge is -2.03. The third-order valence-corrected chi connectivity index (χ3v) is 2.81. The summed E-state index contributed by atoms with van der Waals surface area (Å²) in [6.45, 7) is 0. The van der Waals surface area contributed by atoms with Crippen LogP contribution in [0.15, 0.2) is 47.1 Å². The molecule has 5 heteroatoms. The van der Waals surface area contributed by atoms with Crippen molar-refractivity contribution in [2.75, 3.05) is 10.6 Å². The van der Waals surface area contributed by atoms with Crippen LogP contribution in [0.3, 0.4) is 0 Å². The standard InChI is InChI=1S/C13H10BrNO3/c14-8-11(16)15-10-6-7-18-13(10)12(17)9-4-2-1-3-5-9/h1-7H,8H2,(H,15,16). The fourth-order valence-corrected chi connectivity index (χ4v) is 1.63. The molecule has 0 aliphatic carbocycles. The van der Waals surface area contributed by atoms with Crippen LogP contribution in [-0.4, -0.2) is 17.0 Å². The zero-order valence-corrected chi connectivity index (χ0v) is 10.9. The maximum absolute atomic E-state index is 12.1. The second-order valence-electron chi connectivity index (χ2n) is 3.54. The predicted molar refractivity (Wildman–Crippen MR) is 71.0 cm³/mol. The molecule has 2 rings (SSSR count). The van der Waals surface area contributed by atoms with Gasteiger partial charge in [0.05, 0.1) is 17.3 Å². The summed E-state index contributed by atoms with van der Waals surface area (Å²) < 4.78 is 5.15. The Bertz CT molecular complexity index is 563. The van der Waals surface area contributed by atoms with E-state index in [1.165, 1.54) is 6.26 Å². The van der Waals surface area contributed by atoms with Gasteiger partial charge in [0.15, 0.2) is 5.76 Å². The van der Waals surface area contributed by atoms with Crippen LogP contribution in [-0.2, 0) is 4.79 Å². The van der Waals surface area contributed by atoms with Gasteiger partial charge in [-0.1, -0.05) is 46.3 Å². The summed E-state index contributed by atoms with van der Waals surface area (Å²) in [5.41, 5.74) is 0.898. The predicted octanol–water partition coefficient (Wildman–Crippen LogP) is 2.84. The Labute approximate surface area is 112 Å². The smallest absolute Gasteiger partial charge is 0.235 e. The SMILES string of the molecule is O=C(CBr)Nc1ccoc1C(=O)c1ccccc1. The van der Waals surface area contributed by atoms with E-state index < -0.39 is 0 Å². The number of alkyl halides is 1. The van der Waals surface area contributed by atoms with E-state index in [-0.39, 0.29) is 22.8 Å². The first-order valence-corrected chi connectivity index (χ1v) is 6.37. The van der Waals surface area contributed by atoms with Gasteiger partial charge in [0.1, 0.15) is 0 Å². The number of nitrogens with one attached hydrogen (secondary N) is 1. The number of rotatable bonds is 4. The Morgan fingerprint density at radius 3 is 2.56 bits per heavy atom. The third kappa shape index (κ3) is 2.68. The quantitative estimate of drug-likeness (QED) is 0.698. The Hall–Kier alpha value is -1.88. The minimum Gasteiger partial charge on any atom is -0.459 e. The first-order chi connectivity index (χ1) is 8.72. The van der Waals surface area contributed by atoms with Crippen LogP contribution in [0.5, 0.6) is 0 Å². The number of halogens is 1. The molecule has 0 fully saturated rings. The molecular weight excluding hydrogens is 298 g/mol. The molecule has 0 aliphatic rings. The molecule has 2 aromatic rings. The maximum Gasteiger partial charge on any atom is 0.235 e. The minimum atomic E-state index is -0.259. The summed E-state index contributed by atoms with van der Waals surface area (Å²) in [6, 6.07) is 10.3. The van der Waals surface area contributed by atoms with E-state index in [4.69, 9.17) is 4.42 Å². The lowest BCUT2D eigenvalue weighted by Crippen LogP contribution is -2.14. The third-order valence-electron chi connectivity index (χ3n) is 2.30. The first-order valence-electron chi connectivity index (χ1n) is 5.25. The van der Waals surface area contributed by atoms with Crippen LogP contribution in [0.4, 0.5) is 5.69 Å². The maximum atomic E-state index is 12.1. The van der Waals surface area contributed by atoms with Crippen LogP contribution < -0.4 is 5.32 Å². The van der Waals surface area contributed by atoms with E-state index in [0.717, 1.165) is 0 Å². The van der Waals surface area contributed by atoms with E-state index >= 15 is 0 Å². The van der Waals surface area contributed by atoms with E-state index in [9.17, 15) is 9.59 Å². The number of hydrogen-bond acceptors (Lipinski definition) is 3. The Morgan fingerprint density at radius 2 is 1.89 bits per heavy atom. The number of carbonyl (C=O) groups is 2. The molecule has 0 spiro atoms. The van der Waals surface area contributed by atoms with Gasteiger partial charge in [-0.3, -0.25) is 9.59 Å². The van der Waals surface area contributed by atoms with Crippen molar-refractivity contribution in [1.82, 2.24) is 0 Å². The van der Waals surface area contributed by atoms with Crippen molar-refractivity contribution in [2.24, 2.45) is 0 Å². The van der Waals surface area contributed by atoms with E-state index in [1.54, 1.807) is 30.3 Å². The molecule has 1 amide bonds. The van der Waals surface area contributed by atoms with Gasteiger partial charge in [0, 0.05) is 11.6 Å². The summed E-state index contributed by atoms with van der Waals surface area (Å²) in [7, 11) is 0. The second-order valence-corrected chi connectivity index (χ2v) is 4.10. The van der Waals surface area contributed by atoms with Crippen LogP contribution in [0.1, 0.15) is 16.1 Å². The molecule has 1 N–H and O–H groups in total. The number of carbonyl (C=O) groups excluding carboxylic acids is 2. The fourth-order valence-electron chi connectivity index (χ4n) is 1.49. The van der Waals surface area contributed by atoms with E-state index in [2.05, 4.69) is 21.2 Å². The fraction of sp³-hybridized carbons (Fsp3) is 0.0769. The average molecular weight is 308 g/mol. The topological polar surface area (TPSA) is 59.3 Å². The van der Waals surface area contributed by atoms with Crippen molar-refractivity contribution < 1.29 is 14.0 Å². The summed E-state index contributed by atoms with van der Waals surface area (Å²) in [4.78, 5) is 23.4. The summed E-state index contributed by atoms with van der Waals surface area (Å²) in [6.07, 6.45) is 1.38. The van der Waals surface area contributed by atoms with E-state index in [0.29, 0.717) is 11.3 Å². The van der Waals surface area contributed by atoms with Crippen molar-refractivity contribution in [3.63, 3.8) is 0 Å². The molecular formula is C13H10BrNO3. The molecule has 0 saturated carbocycles. The van der Waals surface area contributed by atoms with Gasteiger partial charge in [-0.2, -0.15) is 0 Å². The van der Waals surface area contributed by atoms with Crippen LogP contribution >= 0.6 is 15.9 Å². The van der Waals surface area contributed by atoms with E-state index in [1.807, 2.05) is 6.07 Å². The first kappa shape index (κ1) is 12.6. The van der Waals surface area contributed by atoms with Gasteiger partial charge in [0.2, 0.25) is 11.7 Å². The molecule has 0 radical (unpaired) electrons. The molecule has 0 bridgehead atoms. The van der Waals surface area contributed by atoms with Crippen molar-refractivity contribution in [3.8, 4) is 0 Å². The lowest BCUT2D eigenvalue weighted by atomic mass is 10.1. The zero-order chi connectivity index (χ0) is 13.0. The summed E-state index contributed by atoms with van der Waals surface area (Å²) >= 11 is 3.04. The number of furan rings is 1. The van der Waals surface area contributed by atoms with Gasteiger partial charge in [0.25, 0.3) is 0 Å². The average Bonchev–Trinajstić information content (AvgIpc) is 2.86. The molecule has 0 saturated heterocycles. The van der Waals surface area contributed by atoms with Gasteiger partial charge in [-0.15, -0.1) is 0 Å². The van der Waals surface area contributed by atoms with Crippen LogP contribution in [0.2, 0.25) is 0 Å². The molecule has 1 aromatic carbocycles. The van der Waals surface area contributed by atoms with Gasteiger partial charge in [-0.25, -0.2) is 0 Å². The Kier molecular flexibility index (Phi) is 3.94. The number of hydrogen-bond donors (Lipinski definition) is 1. The number of amides is 1. The second kappa shape index (κ2) is 5.64. The molecule has 92 valence electrons. The van der Waals surface area contributed by atoms with Gasteiger partial charge >= 0.3 is 0 Å². The largest absolute Gasteiger partial charge is 0.459 e. The molecule has 1 heterocycles. The summed E-state index contributed by atoms with van der Waals surface area (Å²) in [5, 5.41) is 2.75. The molecule has 0 aliphatic heterocycles. The van der Waals surface area contributed by atoms with Crippen molar-refractivity contribution in [2.45, 2.75) is 0 Å². The number of benzene rings is 1. The minimum absolute atomic E-state index is 0.135. The molecule has 0 atom stereocenters. The Balaban J connectivity index is 2.27. The monoisotopic (exact) mass is 307 g/mol.